The van der Waals surface area contributed by atoms with E-state index in [1.165, 1.54) is 52.0 Å². The zero-order chi connectivity index (χ0) is 12.8. The van der Waals surface area contributed by atoms with Crippen LogP contribution in [0.2, 0.25) is 0 Å². The lowest BCUT2D eigenvalue weighted by molar-refractivity contribution is 0.203. The molecule has 0 saturated carbocycles. The number of likely N-dealkylation sites (N-methyl/N-ethyl adjacent to an activating group) is 1. The molecule has 0 aromatic heterocycles. The Balaban J connectivity index is 1.52. The summed E-state index contributed by atoms with van der Waals surface area (Å²) in [6.45, 7) is 8.46. The van der Waals surface area contributed by atoms with E-state index in [0.29, 0.717) is 6.04 Å². The molecule has 0 radical (unpaired) electrons. The van der Waals surface area contributed by atoms with Gasteiger partial charge in [-0.1, -0.05) is 0 Å². The van der Waals surface area contributed by atoms with E-state index in [9.17, 15) is 0 Å². The molecule has 2 unspecified atom stereocenters. The van der Waals surface area contributed by atoms with E-state index in [0.717, 1.165) is 19.0 Å². The highest BCUT2D eigenvalue weighted by Crippen LogP contribution is 2.13. The summed E-state index contributed by atoms with van der Waals surface area (Å²) in [4.78, 5) is 4.89. The van der Waals surface area contributed by atoms with Crippen molar-refractivity contribution >= 4 is 0 Å². The van der Waals surface area contributed by atoms with Gasteiger partial charge in [0.15, 0.2) is 0 Å². The van der Waals surface area contributed by atoms with E-state index in [-0.39, 0.29) is 0 Å². The molecule has 0 aromatic carbocycles. The number of piperidine rings is 1. The first-order valence-corrected chi connectivity index (χ1v) is 7.55. The predicted molar refractivity (Wildman–Crippen MR) is 77.0 cm³/mol. The SMILES string of the molecule is CN1CCCC(CNCCC2CN(C)CCN2)C1. The molecule has 0 aromatic rings. The average Bonchev–Trinajstić information content (AvgIpc) is 2.35. The minimum atomic E-state index is 0.685. The van der Waals surface area contributed by atoms with Gasteiger partial charge >= 0.3 is 0 Å². The van der Waals surface area contributed by atoms with E-state index in [4.69, 9.17) is 0 Å². The highest BCUT2D eigenvalue weighted by molar-refractivity contribution is 4.78. The maximum Gasteiger partial charge on any atom is 0.0207 e. The van der Waals surface area contributed by atoms with Gasteiger partial charge in [-0.3, -0.25) is 0 Å². The van der Waals surface area contributed by atoms with Crippen LogP contribution in [-0.2, 0) is 0 Å². The Morgan fingerprint density at radius 1 is 1.17 bits per heavy atom. The number of nitrogens with zero attached hydrogens (tertiary/aromatic N) is 2. The predicted octanol–water partition coefficient (Wildman–Crippen LogP) is 0.212. The number of rotatable bonds is 5. The Labute approximate surface area is 112 Å². The van der Waals surface area contributed by atoms with Gasteiger partial charge in [0.25, 0.3) is 0 Å². The van der Waals surface area contributed by atoms with Gasteiger partial charge in [-0.2, -0.15) is 0 Å². The highest BCUT2D eigenvalue weighted by atomic mass is 15.2. The minimum Gasteiger partial charge on any atom is -0.316 e. The fourth-order valence-electron chi connectivity index (χ4n) is 3.21. The van der Waals surface area contributed by atoms with Crippen molar-refractivity contribution in [2.45, 2.75) is 25.3 Å². The van der Waals surface area contributed by atoms with Gasteiger partial charge in [0.2, 0.25) is 0 Å². The van der Waals surface area contributed by atoms with Crippen LogP contribution in [0.4, 0.5) is 0 Å². The van der Waals surface area contributed by atoms with E-state index < -0.39 is 0 Å². The molecule has 2 atom stereocenters. The largest absolute Gasteiger partial charge is 0.316 e. The van der Waals surface area contributed by atoms with Crippen LogP contribution in [-0.4, -0.2) is 75.8 Å². The van der Waals surface area contributed by atoms with Crippen molar-refractivity contribution in [2.24, 2.45) is 5.92 Å². The van der Waals surface area contributed by atoms with E-state index in [2.05, 4.69) is 34.5 Å². The summed E-state index contributed by atoms with van der Waals surface area (Å²) in [5, 5.41) is 7.26. The zero-order valence-corrected chi connectivity index (χ0v) is 12.1. The summed E-state index contributed by atoms with van der Waals surface area (Å²) in [5.41, 5.74) is 0. The molecule has 2 aliphatic heterocycles. The Bertz CT molecular complexity index is 210. The topological polar surface area (TPSA) is 30.5 Å². The van der Waals surface area contributed by atoms with Gasteiger partial charge in [0.05, 0.1) is 0 Å². The minimum absolute atomic E-state index is 0.685. The summed E-state index contributed by atoms with van der Waals surface area (Å²) in [5.74, 6) is 0.866. The highest BCUT2D eigenvalue weighted by Gasteiger charge is 2.18. The fraction of sp³-hybridized carbons (Fsp3) is 1.00. The van der Waals surface area contributed by atoms with Crippen LogP contribution in [0.3, 0.4) is 0 Å². The van der Waals surface area contributed by atoms with Crippen LogP contribution >= 0.6 is 0 Å². The molecular formula is C14H30N4. The maximum absolute atomic E-state index is 3.65. The zero-order valence-electron chi connectivity index (χ0n) is 12.1. The maximum atomic E-state index is 3.65. The lowest BCUT2D eigenvalue weighted by atomic mass is 9.98. The van der Waals surface area contributed by atoms with Crippen LogP contribution in [0, 0.1) is 5.92 Å². The molecule has 2 aliphatic rings. The van der Waals surface area contributed by atoms with Crippen molar-refractivity contribution in [2.75, 3.05) is 59.9 Å². The van der Waals surface area contributed by atoms with Gasteiger partial charge in [-0.25, -0.2) is 0 Å². The second kappa shape index (κ2) is 7.43. The molecule has 0 spiro atoms. The van der Waals surface area contributed by atoms with Crippen molar-refractivity contribution < 1.29 is 0 Å². The molecule has 4 heteroatoms. The van der Waals surface area contributed by atoms with Gasteiger partial charge < -0.3 is 20.4 Å². The van der Waals surface area contributed by atoms with Crippen LogP contribution in [0.5, 0.6) is 0 Å². The lowest BCUT2D eigenvalue weighted by Crippen LogP contribution is -2.50. The first-order valence-electron chi connectivity index (χ1n) is 7.55. The molecule has 0 amide bonds. The van der Waals surface area contributed by atoms with Crippen LogP contribution in [0.25, 0.3) is 0 Å². The summed E-state index contributed by atoms with van der Waals surface area (Å²) >= 11 is 0. The molecule has 2 rings (SSSR count). The monoisotopic (exact) mass is 254 g/mol. The summed E-state index contributed by atoms with van der Waals surface area (Å²) in [6, 6.07) is 0.685. The first kappa shape index (κ1) is 14.3. The van der Waals surface area contributed by atoms with Crippen molar-refractivity contribution in [3.63, 3.8) is 0 Å². The van der Waals surface area contributed by atoms with E-state index >= 15 is 0 Å². The summed E-state index contributed by atoms with van der Waals surface area (Å²) in [6.07, 6.45) is 4.03. The lowest BCUT2D eigenvalue weighted by Gasteiger charge is -2.32. The number of hydrogen-bond acceptors (Lipinski definition) is 4. The first-order chi connectivity index (χ1) is 8.74. The summed E-state index contributed by atoms with van der Waals surface area (Å²) in [7, 11) is 4.47. The number of hydrogen-bond donors (Lipinski definition) is 2. The standard InChI is InChI=1S/C14H30N4/c1-17-8-3-4-13(11-17)10-15-6-5-14-12-18(2)9-7-16-14/h13-16H,3-12H2,1-2H3. The quantitative estimate of drug-likeness (QED) is 0.687. The number of piperazine rings is 1. The molecule has 0 bridgehead atoms. The normalized spacial score (nSPS) is 31.7. The van der Waals surface area contributed by atoms with Gasteiger partial charge in [-0.15, -0.1) is 0 Å². The third-order valence-corrected chi connectivity index (χ3v) is 4.28. The van der Waals surface area contributed by atoms with Crippen molar-refractivity contribution in [3.05, 3.63) is 0 Å². The molecule has 2 saturated heterocycles. The Morgan fingerprint density at radius 3 is 2.78 bits per heavy atom. The Morgan fingerprint density at radius 2 is 2.00 bits per heavy atom. The van der Waals surface area contributed by atoms with E-state index in [1.807, 2.05) is 0 Å². The van der Waals surface area contributed by atoms with Gasteiger partial charge in [-0.05, 0) is 58.9 Å². The molecule has 0 aliphatic carbocycles. The second-order valence-electron chi connectivity index (χ2n) is 6.18. The fourth-order valence-corrected chi connectivity index (χ4v) is 3.21. The number of likely N-dealkylation sites (tertiary alicyclic amines) is 1. The Hall–Kier alpha value is -0.160. The smallest absolute Gasteiger partial charge is 0.0207 e. The number of nitrogens with one attached hydrogen (secondary N) is 2. The molecule has 4 nitrogen and oxygen atoms in total. The molecular weight excluding hydrogens is 224 g/mol. The molecule has 2 N–H and O–H groups in total. The van der Waals surface area contributed by atoms with Crippen molar-refractivity contribution in [3.8, 4) is 0 Å². The third kappa shape index (κ3) is 4.84. The van der Waals surface area contributed by atoms with Crippen molar-refractivity contribution in [1.82, 2.24) is 20.4 Å². The van der Waals surface area contributed by atoms with Crippen LogP contribution in [0.1, 0.15) is 19.3 Å². The summed E-state index contributed by atoms with van der Waals surface area (Å²) < 4.78 is 0. The van der Waals surface area contributed by atoms with Crippen molar-refractivity contribution in [1.29, 1.82) is 0 Å². The van der Waals surface area contributed by atoms with Crippen LogP contribution in [0.15, 0.2) is 0 Å². The molecule has 2 heterocycles. The van der Waals surface area contributed by atoms with Gasteiger partial charge in [0, 0.05) is 32.2 Å². The van der Waals surface area contributed by atoms with Crippen LogP contribution < -0.4 is 10.6 Å². The average molecular weight is 254 g/mol. The molecule has 2 fully saturated rings. The third-order valence-electron chi connectivity index (χ3n) is 4.28. The second-order valence-corrected chi connectivity index (χ2v) is 6.18. The van der Waals surface area contributed by atoms with Gasteiger partial charge in [0.1, 0.15) is 0 Å². The van der Waals surface area contributed by atoms with E-state index in [1.54, 1.807) is 0 Å². The molecule has 106 valence electrons. The Kier molecular flexibility index (Phi) is 5.89. The molecule has 18 heavy (non-hydrogen) atoms.